The van der Waals surface area contributed by atoms with Crippen LogP contribution in [0, 0.1) is 5.82 Å². The Morgan fingerprint density at radius 1 is 1.41 bits per heavy atom. The summed E-state index contributed by atoms with van der Waals surface area (Å²) >= 11 is 6.05. The van der Waals surface area contributed by atoms with E-state index in [2.05, 4.69) is 10.3 Å². The second-order valence-electron chi connectivity index (χ2n) is 4.14. The molecule has 5 heteroatoms. The number of rotatable bonds is 2. The van der Waals surface area contributed by atoms with Crippen LogP contribution in [-0.2, 0) is 0 Å². The zero-order chi connectivity index (χ0) is 11.8. The minimum atomic E-state index is -0.328. The van der Waals surface area contributed by atoms with Crippen molar-refractivity contribution in [3.8, 4) is 5.69 Å². The topological polar surface area (TPSA) is 29.9 Å². The Labute approximate surface area is 103 Å². The lowest BCUT2D eigenvalue weighted by atomic mass is 10.00. The summed E-state index contributed by atoms with van der Waals surface area (Å²) in [5, 5.41) is 3.62. The van der Waals surface area contributed by atoms with E-state index in [1.807, 2.05) is 10.8 Å². The number of hydrogen-bond acceptors (Lipinski definition) is 2. The molecule has 17 heavy (non-hydrogen) atoms. The van der Waals surface area contributed by atoms with Gasteiger partial charge in [-0.05, 0) is 18.2 Å². The normalized spacial score (nSPS) is 15.9. The molecule has 1 aromatic carbocycles. The number of halogens is 2. The fraction of sp³-hybridized carbons (Fsp3) is 0.250. The van der Waals surface area contributed by atoms with Crippen molar-refractivity contribution in [1.82, 2.24) is 14.9 Å². The lowest BCUT2D eigenvalue weighted by molar-refractivity contribution is 0.435. The van der Waals surface area contributed by atoms with Crippen molar-refractivity contribution >= 4 is 11.6 Å². The SMILES string of the molecule is Fc1ccc(-n2cncc2C2CNC2)c(Cl)c1. The molecule has 0 saturated carbocycles. The van der Waals surface area contributed by atoms with Crippen LogP contribution in [0.25, 0.3) is 5.69 Å². The molecule has 0 radical (unpaired) electrons. The molecule has 0 spiro atoms. The van der Waals surface area contributed by atoms with Gasteiger partial charge in [-0.2, -0.15) is 0 Å². The molecular weight excluding hydrogens is 241 g/mol. The number of imidazole rings is 1. The van der Waals surface area contributed by atoms with Crippen molar-refractivity contribution in [2.75, 3.05) is 13.1 Å². The molecule has 3 nitrogen and oxygen atoms in total. The standard InChI is InChI=1S/C12H11ClFN3/c13-10-3-9(14)1-2-11(10)17-7-16-6-12(17)8-4-15-5-8/h1-3,6-8,15H,4-5H2. The van der Waals surface area contributed by atoms with Gasteiger partial charge in [0.2, 0.25) is 0 Å². The van der Waals surface area contributed by atoms with Crippen molar-refractivity contribution < 1.29 is 4.39 Å². The highest BCUT2D eigenvalue weighted by Gasteiger charge is 2.23. The van der Waals surface area contributed by atoms with Gasteiger partial charge < -0.3 is 9.88 Å². The lowest BCUT2D eigenvalue weighted by Crippen LogP contribution is -2.40. The second kappa shape index (κ2) is 4.13. The number of nitrogens with one attached hydrogen (secondary N) is 1. The summed E-state index contributed by atoms with van der Waals surface area (Å²) in [6.07, 6.45) is 3.55. The number of nitrogens with zero attached hydrogens (tertiary/aromatic N) is 2. The zero-order valence-corrected chi connectivity index (χ0v) is 9.78. The number of aromatic nitrogens is 2. The summed E-state index contributed by atoms with van der Waals surface area (Å²) in [6.45, 7) is 1.90. The molecule has 1 fully saturated rings. The van der Waals surface area contributed by atoms with Crippen LogP contribution in [0.4, 0.5) is 4.39 Å². The highest BCUT2D eigenvalue weighted by atomic mass is 35.5. The fourth-order valence-corrected chi connectivity index (χ4v) is 2.24. The molecule has 1 aliphatic rings. The zero-order valence-electron chi connectivity index (χ0n) is 9.03. The van der Waals surface area contributed by atoms with E-state index in [0.29, 0.717) is 10.9 Å². The summed E-state index contributed by atoms with van der Waals surface area (Å²) in [5.74, 6) is 0.129. The second-order valence-corrected chi connectivity index (χ2v) is 4.55. The Balaban J connectivity index is 2.05. The molecule has 0 atom stereocenters. The molecule has 2 aromatic rings. The van der Waals surface area contributed by atoms with Crippen molar-refractivity contribution in [2.45, 2.75) is 5.92 Å². The number of hydrogen-bond donors (Lipinski definition) is 1. The summed E-state index contributed by atoms with van der Waals surface area (Å²) in [7, 11) is 0. The molecule has 0 aliphatic carbocycles. The molecular formula is C12H11ClFN3. The molecule has 1 aromatic heterocycles. The maximum absolute atomic E-state index is 13.0. The largest absolute Gasteiger partial charge is 0.315 e. The average molecular weight is 252 g/mol. The van der Waals surface area contributed by atoms with Crippen molar-refractivity contribution in [3.05, 3.63) is 47.3 Å². The molecule has 1 saturated heterocycles. The highest BCUT2D eigenvalue weighted by molar-refractivity contribution is 6.32. The first-order chi connectivity index (χ1) is 8.25. The predicted octanol–water partition coefficient (Wildman–Crippen LogP) is 2.35. The molecule has 1 aliphatic heterocycles. The monoisotopic (exact) mass is 251 g/mol. The lowest BCUT2D eigenvalue weighted by Gasteiger charge is -2.28. The Hall–Kier alpha value is -1.39. The van der Waals surface area contributed by atoms with Gasteiger partial charge in [-0.15, -0.1) is 0 Å². The van der Waals surface area contributed by atoms with E-state index in [9.17, 15) is 4.39 Å². The Morgan fingerprint density at radius 3 is 2.88 bits per heavy atom. The summed E-state index contributed by atoms with van der Waals surface area (Å²) in [6, 6.07) is 4.40. The first-order valence-corrected chi connectivity index (χ1v) is 5.82. The molecule has 3 rings (SSSR count). The molecule has 2 heterocycles. The Morgan fingerprint density at radius 2 is 2.24 bits per heavy atom. The fourth-order valence-electron chi connectivity index (χ4n) is 1.98. The maximum atomic E-state index is 13.0. The molecule has 0 amide bonds. The van der Waals surface area contributed by atoms with Crippen LogP contribution in [-0.4, -0.2) is 22.6 Å². The van der Waals surface area contributed by atoms with Gasteiger partial charge in [0.25, 0.3) is 0 Å². The molecule has 88 valence electrons. The predicted molar refractivity (Wildman–Crippen MR) is 64.1 cm³/mol. The quantitative estimate of drug-likeness (QED) is 0.888. The van der Waals surface area contributed by atoms with Crippen LogP contribution in [0.2, 0.25) is 5.02 Å². The molecule has 0 bridgehead atoms. The van der Waals surface area contributed by atoms with Gasteiger partial charge in [-0.1, -0.05) is 11.6 Å². The third kappa shape index (κ3) is 1.83. The Kier molecular flexibility index (Phi) is 2.61. The van der Waals surface area contributed by atoms with Gasteiger partial charge in [0.1, 0.15) is 5.82 Å². The maximum Gasteiger partial charge on any atom is 0.124 e. The van der Waals surface area contributed by atoms with Crippen LogP contribution in [0.5, 0.6) is 0 Å². The van der Waals surface area contributed by atoms with E-state index < -0.39 is 0 Å². The molecule has 1 N–H and O–H groups in total. The molecule has 0 unspecified atom stereocenters. The van der Waals surface area contributed by atoms with Crippen molar-refractivity contribution in [1.29, 1.82) is 0 Å². The van der Waals surface area contributed by atoms with Gasteiger partial charge in [0, 0.05) is 30.9 Å². The Bertz CT molecular complexity index is 548. The third-order valence-electron chi connectivity index (χ3n) is 3.04. The summed E-state index contributed by atoms with van der Waals surface area (Å²) in [4.78, 5) is 4.15. The van der Waals surface area contributed by atoms with Gasteiger partial charge in [0.15, 0.2) is 0 Å². The van der Waals surface area contributed by atoms with Crippen LogP contribution in [0.3, 0.4) is 0 Å². The summed E-state index contributed by atoms with van der Waals surface area (Å²) in [5.41, 5.74) is 1.88. The van der Waals surface area contributed by atoms with Gasteiger partial charge in [-0.25, -0.2) is 9.37 Å². The van der Waals surface area contributed by atoms with E-state index in [1.54, 1.807) is 12.4 Å². The van der Waals surface area contributed by atoms with Crippen LogP contribution >= 0.6 is 11.6 Å². The number of benzene rings is 1. The highest BCUT2D eigenvalue weighted by Crippen LogP contribution is 2.27. The minimum Gasteiger partial charge on any atom is -0.315 e. The third-order valence-corrected chi connectivity index (χ3v) is 3.34. The van der Waals surface area contributed by atoms with Crippen LogP contribution in [0.1, 0.15) is 11.6 Å². The van der Waals surface area contributed by atoms with Crippen LogP contribution in [0.15, 0.2) is 30.7 Å². The van der Waals surface area contributed by atoms with E-state index in [-0.39, 0.29) is 5.82 Å². The van der Waals surface area contributed by atoms with Crippen molar-refractivity contribution in [2.24, 2.45) is 0 Å². The first kappa shape index (κ1) is 10.7. The van der Waals surface area contributed by atoms with E-state index in [1.165, 1.54) is 12.1 Å². The average Bonchev–Trinajstić information content (AvgIpc) is 2.64. The van der Waals surface area contributed by atoms with Gasteiger partial charge in [-0.3, -0.25) is 0 Å². The van der Waals surface area contributed by atoms with E-state index in [0.717, 1.165) is 24.5 Å². The smallest absolute Gasteiger partial charge is 0.124 e. The van der Waals surface area contributed by atoms with Gasteiger partial charge >= 0.3 is 0 Å². The first-order valence-electron chi connectivity index (χ1n) is 5.44. The van der Waals surface area contributed by atoms with Gasteiger partial charge in [0.05, 0.1) is 17.0 Å². The minimum absolute atomic E-state index is 0.328. The summed E-state index contributed by atoms with van der Waals surface area (Å²) < 4.78 is 14.9. The van der Waals surface area contributed by atoms with E-state index >= 15 is 0 Å². The van der Waals surface area contributed by atoms with E-state index in [4.69, 9.17) is 11.6 Å². The van der Waals surface area contributed by atoms with Crippen LogP contribution < -0.4 is 5.32 Å². The van der Waals surface area contributed by atoms with Crippen molar-refractivity contribution in [3.63, 3.8) is 0 Å².